The van der Waals surface area contributed by atoms with Crippen LogP contribution < -0.4 is 5.73 Å². The van der Waals surface area contributed by atoms with Crippen LogP contribution in [0.25, 0.3) is 11.1 Å². The summed E-state index contributed by atoms with van der Waals surface area (Å²) in [5.74, 6) is -0.872. The molecule has 0 bridgehead atoms. The van der Waals surface area contributed by atoms with Crippen LogP contribution in [0.5, 0.6) is 0 Å². The van der Waals surface area contributed by atoms with Crippen molar-refractivity contribution >= 4 is 11.8 Å². The summed E-state index contributed by atoms with van der Waals surface area (Å²) >= 11 is 0. The van der Waals surface area contributed by atoms with Gasteiger partial charge in [0.1, 0.15) is 0 Å². The Hall–Kier alpha value is -2.30. The molecule has 16 heavy (non-hydrogen) atoms. The molecular formula is C11H11N3O2. The molecule has 0 radical (unpaired) electrons. The third-order valence-electron chi connectivity index (χ3n) is 2.31. The highest BCUT2D eigenvalue weighted by molar-refractivity contribution is 5.97. The second-order valence-corrected chi connectivity index (χ2v) is 3.53. The van der Waals surface area contributed by atoms with Crippen LogP contribution in [0.2, 0.25) is 0 Å². The molecule has 5 heteroatoms. The lowest BCUT2D eigenvalue weighted by Crippen LogP contribution is -1.99. The Morgan fingerprint density at radius 2 is 2.25 bits per heavy atom. The number of nitrogen functional groups attached to an aromatic ring is 1. The number of aromatic nitrogens is 2. The van der Waals surface area contributed by atoms with Crippen LogP contribution in [-0.2, 0) is 0 Å². The number of carboxylic acids is 1. The van der Waals surface area contributed by atoms with E-state index in [1.54, 1.807) is 6.07 Å². The first-order valence-electron chi connectivity index (χ1n) is 4.73. The van der Waals surface area contributed by atoms with Crippen LogP contribution in [0.4, 0.5) is 5.82 Å². The van der Waals surface area contributed by atoms with Gasteiger partial charge in [-0.3, -0.25) is 5.10 Å². The number of aromatic amines is 1. The molecule has 1 aromatic heterocycles. The molecule has 0 saturated heterocycles. The molecule has 0 saturated carbocycles. The first-order valence-corrected chi connectivity index (χ1v) is 4.73. The van der Waals surface area contributed by atoms with Crippen molar-refractivity contribution in [2.75, 3.05) is 5.73 Å². The predicted molar refractivity (Wildman–Crippen MR) is 60.1 cm³/mol. The Balaban J connectivity index is 2.63. The third kappa shape index (κ3) is 1.63. The highest BCUT2D eigenvalue weighted by Gasteiger charge is 2.18. The molecule has 4 N–H and O–H groups in total. The van der Waals surface area contributed by atoms with E-state index in [1.807, 2.05) is 25.1 Å². The van der Waals surface area contributed by atoms with Crippen molar-refractivity contribution in [3.8, 4) is 11.1 Å². The molecule has 1 heterocycles. The molecule has 0 fully saturated rings. The average molecular weight is 217 g/mol. The third-order valence-corrected chi connectivity index (χ3v) is 2.31. The number of nitrogens with one attached hydrogen (secondary N) is 1. The van der Waals surface area contributed by atoms with E-state index in [1.165, 1.54) is 0 Å². The lowest BCUT2D eigenvalue weighted by atomic mass is 10.0. The summed E-state index contributed by atoms with van der Waals surface area (Å²) in [6.45, 7) is 1.93. The van der Waals surface area contributed by atoms with E-state index in [0.29, 0.717) is 5.56 Å². The van der Waals surface area contributed by atoms with E-state index in [4.69, 9.17) is 10.8 Å². The minimum atomic E-state index is -1.07. The van der Waals surface area contributed by atoms with Gasteiger partial charge in [-0.05, 0) is 12.5 Å². The molecule has 2 rings (SSSR count). The Morgan fingerprint density at radius 1 is 1.50 bits per heavy atom. The number of nitrogens with zero attached hydrogens (tertiary/aromatic N) is 1. The van der Waals surface area contributed by atoms with Crippen LogP contribution in [0.3, 0.4) is 0 Å². The van der Waals surface area contributed by atoms with Gasteiger partial charge in [-0.1, -0.05) is 29.8 Å². The lowest BCUT2D eigenvalue weighted by molar-refractivity contribution is 0.0691. The van der Waals surface area contributed by atoms with Crippen molar-refractivity contribution in [2.24, 2.45) is 0 Å². The number of carboxylic acid groups (broad SMARTS) is 1. The van der Waals surface area contributed by atoms with E-state index in [9.17, 15) is 4.79 Å². The van der Waals surface area contributed by atoms with Crippen LogP contribution >= 0.6 is 0 Å². The van der Waals surface area contributed by atoms with Crippen LogP contribution in [-0.4, -0.2) is 21.3 Å². The van der Waals surface area contributed by atoms with E-state index in [0.717, 1.165) is 11.1 Å². The number of aromatic carboxylic acids is 1. The standard InChI is InChI=1S/C11H11N3O2/c1-6-3-2-4-7(5-6)8-9(11(15)16)13-14-10(8)12/h2-5H,1H3,(H,15,16)(H3,12,13,14). The molecule has 0 atom stereocenters. The molecule has 0 spiro atoms. The number of hydrogen-bond acceptors (Lipinski definition) is 3. The number of rotatable bonds is 2. The summed E-state index contributed by atoms with van der Waals surface area (Å²) in [4.78, 5) is 11.0. The minimum Gasteiger partial charge on any atom is -0.477 e. The zero-order valence-corrected chi connectivity index (χ0v) is 8.69. The summed E-state index contributed by atoms with van der Waals surface area (Å²) in [5, 5.41) is 15.1. The SMILES string of the molecule is Cc1cccc(-c2c(N)n[nH]c2C(=O)O)c1. The van der Waals surface area contributed by atoms with Crippen molar-refractivity contribution < 1.29 is 9.90 Å². The maximum atomic E-state index is 11.0. The molecule has 0 unspecified atom stereocenters. The van der Waals surface area contributed by atoms with Gasteiger partial charge in [0, 0.05) is 0 Å². The largest absolute Gasteiger partial charge is 0.477 e. The number of hydrogen-bond donors (Lipinski definition) is 3. The lowest BCUT2D eigenvalue weighted by Gasteiger charge is -2.02. The second-order valence-electron chi connectivity index (χ2n) is 3.53. The summed E-state index contributed by atoms with van der Waals surface area (Å²) in [6, 6.07) is 7.46. The van der Waals surface area contributed by atoms with Gasteiger partial charge in [0.15, 0.2) is 11.5 Å². The van der Waals surface area contributed by atoms with Crippen molar-refractivity contribution in [1.29, 1.82) is 0 Å². The molecule has 0 aliphatic carbocycles. The van der Waals surface area contributed by atoms with E-state index in [-0.39, 0.29) is 11.5 Å². The average Bonchev–Trinajstić information content (AvgIpc) is 2.60. The van der Waals surface area contributed by atoms with Gasteiger partial charge in [-0.15, -0.1) is 0 Å². The summed E-state index contributed by atoms with van der Waals surface area (Å²) in [7, 11) is 0. The van der Waals surface area contributed by atoms with Crippen molar-refractivity contribution in [2.45, 2.75) is 6.92 Å². The molecule has 0 aliphatic heterocycles. The fourth-order valence-electron chi connectivity index (χ4n) is 1.60. The summed E-state index contributed by atoms with van der Waals surface area (Å²) in [5.41, 5.74) is 7.90. The highest BCUT2D eigenvalue weighted by atomic mass is 16.4. The van der Waals surface area contributed by atoms with Crippen LogP contribution in [0, 0.1) is 6.92 Å². The maximum absolute atomic E-state index is 11.0. The Kier molecular flexibility index (Phi) is 2.36. The number of benzene rings is 1. The topological polar surface area (TPSA) is 92.0 Å². The van der Waals surface area contributed by atoms with Gasteiger partial charge >= 0.3 is 5.97 Å². The summed E-state index contributed by atoms with van der Waals surface area (Å²) < 4.78 is 0. The van der Waals surface area contributed by atoms with Gasteiger partial charge in [0.25, 0.3) is 0 Å². The van der Waals surface area contributed by atoms with Gasteiger partial charge in [0.05, 0.1) is 5.56 Å². The minimum absolute atomic E-state index is 0.0168. The van der Waals surface area contributed by atoms with Crippen molar-refractivity contribution in [1.82, 2.24) is 10.2 Å². The first-order chi connectivity index (χ1) is 7.59. The molecule has 2 aromatic rings. The predicted octanol–water partition coefficient (Wildman–Crippen LogP) is 1.67. The van der Waals surface area contributed by atoms with Gasteiger partial charge in [0.2, 0.25) is 0 Å². The van der Waals surface area contributed by atoms with Crippen molar-refractivity contribution in [3.63, 3.8) is 0 Å². The Morgan fingerprint density at radius 3 is 2.88 bits per heavy atom. The van der Waals surface area contributed by atoms with Crippen molar-refractivity contribution in [3.05, 3.63) is 35.5 Å². The zero-order valence-electron chi connectivity index (χ0n) is 8.69. The highest BCUT2D eigenvalue weighted by Crippen LogP contribution is 2.28. The number of carbonyl (C=O) groups is 1. The van der Waals surface area contributed by atoms with E-state index < -0.39 is 5.97 Å². The van der Waals surface area contributed by atoms with E-state index in [2.05, 4.69) is 10.2 Å². The molecule has 0 aliphatic rings. The maximum Gasteiger partial charge on any atom is 0.354 e. The normalized spacial score (nSPS) is 10.3. The molecule has 0 amide bonds. The number of H-pyrrole nitrogens is 1. The fourth-order valence-corrected chi connectivity index (χ4v) is 1.60. The van der Waals surface area contributed by atoms with Gasteiger partial charge in [-0.2, -0.15) is 5.10 Å². The molecule has 82 valence electrons. The number of aryl methyl sites for hydroxylation is 1. The van der Waals surface area contributed by atoms with Crippen LogP contribution in [0.15, 0.2) is 24.3 Å². The summed E-state index contributed by atoms with van der Waals surface area (Å²) in [6.07, 6.45) is 0. The zero-order chi connectivity index (χ0) is 11.7. The molecular weight excluding hydrogens is 206 g/mol. The Bertz CT molecular complexity index is 546. The monoisotopic (exact) mass is 217 g/mol. The quantitative estimate of drug-likeness (QED) is 0.713. The first kappa shape index (κ1) is 10.2. The second kappa shape index (κ2) is 3.69. The van der Waals surface area contributed by atoms with Gasteiger partial charge < -0.3 is 10.8 Å². The van der Waals surface area contributed by atoms with Gasteiger partial charge in [-0.25, -0.2) is 4.79 Å². The fraction of sp³-hybridized carbons (Fsp3) is 0.0909. The smallest absolute Gasteiger partial charge is 0.354 e. The molecule has 5 nitrogen and oxygen atoms in total. The Labute approximate surface area is 91.9 Å². The number of nitrogens with two attached hydrogens (primary N) is 1. The van der Waals surface area contributed by atoms with Crippen LogP contribution in [0.1, 0.15) is 16.1 Å². The molecule has 1 aromatic carbocycles. The van der Waals surface area contributed by atoms with E-state index >= 15 is 0 Å². The number of anilines is 1.